The maximum atomic E-state index is 11.2. The van der Waals surface area contributed by atoms with E-state index in [-0.39, 0.29) is 42.4 Å². The van der Waals surface area contributed by atoms with Gasteiger partial charge in [-0.2, -0.15) is 0 Å². The van der Waals surface area contributed by atoms with E-state index in [0.717, 1.165) is 25.7 Å². The fourth-order valence-electron chi connectivity index (χ4n) is 2.36. The monoisotopic (exact) mass is 330 g/mol. The van der Waals surface area contributed by atoms with Crippen molar-refractivity contribution in [1.29, 1.82) is 0 Å². The van der Waals surface area contributed by atoms with Gasteiger partial charge in [0.1, 0.15) is 10.1 Å². The summed E-state index contributed by atoms with van der Waals surface area (Å²) in [6, 6.07) is 0. The van der Waals surface area contributed by atoms with Crippen molar-refractivity contribution in [3.8, 4) is 0 Å². The summed E-state index contributed by atoms with van der Waals surface area (Å²) in [5, 5.41) is 10.1. The van der Waals surface area contributed by atoms with Crippen LogP contribution >= 0.6 is 0 Å². The van der Waals surface area contributed by atoms with Gasteiger partial charge in [0.15, 0.2) is 4.93 Å². The Hall–Kier alpha value is 0.870. The smallest absolute Gasteiger partial charge is 0.746 e. The summed E-state index contributed by atoms with van der Waals surface area (Å²) in [4.78, 5) is -2.05. The third-order valence-corrected chi connectivity index (χ3v) is 5.15. The molecular weight excluding hydrogens is 299 g/mol. The fourth-order valence-corrected chi connectivity index (χ4v) is 3.15. The molecule has 0 aromatic carbocycles. The molecule has 6 heteroatoms. The van der Waals surface area contributed by atoms with Crippen LogP contribution in [-0.4, -0.2) is 23.0 Å². The van der Waals surface area contributed by atoms with Crippen LogP contribution in [0, 0.1) is 0 Å². The Morgan fingerprint density at radius 2 is 1.19 bits per heavy atom. The Morgan fingerprint density at radius 1 is 0.810 bits per heavy atom. The first kappa shape index (κ1) is 24.1. The number of rotatable bonds is 13. The zero-order valence-electron chi connectivity index (χ0n) is 14.1. The third kappa shape index (κ3) is 11.1. The maximum absolute atomic E-state index is 11.2. The predicted octanol–water partition coefficient (Wildman–Crippen LogP) is 0.945. The van der Waals surface area contributed by atoms with Gasteiger partial charge >= 0.3 is 29.6 Å². The van der Waals surface area contributed by atoms with Crippen LogP contribution in [-0.2, 0) is 10.1 Å². The molecule has 0 aliphatic rings. The van der Waals surface area contributed by atoms with Gasteiger partial charge in [-0.3, -0.25) is 0 Å². The molecule has 0 rings (SSSR count). The number of unbranched alkanes of at least 4 members (excludes halogenated alkanes) is 8. The van der Waals surface area contributed by atoms with Crippen LogP contribution in [0.2, 0.25) is 0 Å². The largest absolute Gasteiger partial charge is 1.00 e. The molecule has 0 amide bonds. The van der Waals surface area contributed by atoms with Crippen LogP contribution in [0.1, 0.15) is 90.9 Å². The first-order valence-electron chi connectivity index (χ1n) is 8.05. The molecule has 0 aliphatic heterocycles. The first-order valence-corrected chi connectivity index (χ1v) is 9.46. The Kier molecular flexibility index (Phi) is 15.3. The van der Waals surface area contributed by atoms with E-state index in [0.29, 0.717) is 12.8 Å². The van der Waals surface area contributed by atoms with E-state index in [2.05, 4.69) is 6.92 Å². The standard InChI is InChI=1S/C15H32O4S.Na/c1-3-5-7-8-9-10-11-12-14-15(16,13-6-4-2)20(17,18)19;/h16H,3-14H2,1-2H3,(H,17,18,19);/q;+1/p-1. The van der Waals surface area contributed by atoms with Gasteiger partial charge in [0.25, 0.3) is 0 Å². The molecule has 1 atom stereocenters. The maximum Gasteiger partial charge on any atom is 1.00 e. The predicted molar refractivity (Wildman–Crippen MR) is 81.4 cm³/mol. The van der Waals surface area contributed by atoms with Gasteiger partial charge in [-0.15, -0.1) is 0 Å². The number of hydrogen-bond acceptors (Lipinski definition) is 4. The van der Waals surface area contributed by atoms with Crippen LogP contribution in [0.15, 0.2) is 0 Å². The normalized spacial score (nSPS) is 14.5. The van der Waals surface area contributed by atoms with Gasteiger partial charge < -0.3 is 9.66 Å². The van der Waals surface area contributed by atoms with Gasteiger partial charge in [0, 0.05) is 0 Å². The van der Waals surface area contributed by atoms with Crippen molar-refractivity contribution in [3.63, 3.8) is 0 Å². The van der Waals surface area contributed by atoms with E-state index in [1.54, 1.807) is 0 Å². The van der Waals surface area contributed by atoms with Crippen molar-refractivity contribution in [1.82, 2.24) is 0 Å². The Bertz CT molecular complexity index is 333. The van der Waals surface area contributed by atoms with Gasteiger partial charge in [-0.25, -0.2) is 8.42 Å². The van der Waals surface area contributed by atoms with E-state index in [9.17, 15) is 18.1 Å². The van der Waals surface area contributed by atoms with Crippen molar-refractivity contribution in [2.45, 2.75) is 95.8 Å². The van der Waals surface area contributed by atoms with Crippen molar-refractivity contribution < 1.29 is 47.6 Å². The zero-order chi connectivity index (χ0) is 15.5. The molecule has 0 radical (unpaired) electrons. The molecule has 0 bridgehead atoms. The van der Waals surface area contributed by atoms with Crippen molar-refractivity contribution in [2.24, 2.45) is 0 Å². The van der Waals surface area contributed by atoms with Gasteiger partial charge in [0.05, 0.1) is 0 Å². The van der Waals surface area contributed by atoms with Crippen molar-refractivity contribution in [2.75, 3.05) is 0 Å². The molecule has 0 aromatic rings. The summed E-state index contributed by atoms with van der Waals surface area (Å²) in [6.07, 6.45) is 10.1. The van der Waals surface area contributed by atoms with Crippen LogP contribution in [0.5, 0.6) is 0 Å². The zero-order valence-corrected chi connectivity index (χ0v) is 16.9. The molecule has 0 spiro atoms. The van der Waals surface area contributed by atoms with E-state index >= 15 is 0 Å². The van der Waals surface area contributed by atoms with Gasteiger partial charge in [0.2, 0.25) is 0 Å². The van der Waals surface area contributed by atoms with Crippen LogP contribution < -0.4 is 29.6 Å². The molecule has 1 unspecified atom stereocenters. The molecule has 0 aliphatic carbocycles. The van der Waals surface area contributed by atoms with Gasteiger partial charge in [-0.05, 0) is 25.7 Å². The van der Waals surface area contributed by atoms with E-state index in [4.69, 9.17) is 0 Å². The minimum Gasteiger partial charge on any atom is -0.746 e. The molecule has 0 aromatic heterocycles. The van der Waals surface area contributed by atoms with Crippen LogP contribution in [0.25, 0.3) is 0 Å². The second-order valence-corrected chi connectivity index (χ2v) is 7.40. The molecule has 21 heavy (non-hydrogen) atoms. The molecule has 122 valence electrons. The van der Waals surface area contributed by atoms with E-state index < -0.39 is 15.1 Å². The van der Waals surface area contributed by atoms with Crippen LogP contribution in [0.4, 0.5) is 0 Å². The number of aliphatic hydroxyl groups is 1. The summed E-state index contributed by atoms with van der Waals surface area (Å²) < 4.78 is 33.6. The third-order valence-electron chi connectivity index (χ3n) is 3.81. The fraction of sp³-hybridized carbons (Fsp3) is 1.00. The SMILES string of the molecule is CCCCCCCCCCC(O)(CCCC)S(=O)(=O)[O-].[Na+]. The van der Waals surface area contributed by atoms with Crippen molar-refractivity contribution in [3.05, 3.63) is 0 Å². The minimum atomic E-state index is -4.64. The molecular formula is C15H31NaO4S. The van der Waals surface area contributed by atoms with E-state index in [1.165, 1.54) is 25.7 Å². The minimum absolute atomic E-state index is 0. The first-order chi connectivity index (χ1) is 9.37. The summed E-state index contributed by atoms with van der Waals surface area (Å²) in [7, 11) is -4.64. The molecule has 4 nitrogen and oxygen atoms in total. The summed E-state index contributed by atoms with van der Waals surface area (Å²) in [5.41, 5.74) is 0. The quantitative estimate of drug-likeness (QED) is 0.310. The second-order valence-electron chi connectivity index (χ2n) is 5.73. The Morgan fingerprint density at radius 3 is 1.62 bits per heavy atom. The van der Waals surface area contributed by atoms with E-state index in [1.807, 2.05) is 6.92 Å². The summed E-state index contributed by atoms with van der Waals surface area (Å²) >= 11 is 0. The topological polar surface area (TPSA) is 77.4 Å². The summed E-state index contributed by atoms with van der Waals surface area (Å²) in [5.74, 6) is 0. The molecule has 0 fully saturated rings. The molecule has 1 N–H and O–H groups in total. The Balaban J connectivity index is 0. The average Bonchev–Trinajstić information content (AvgIpc) is 2.38. The summed E-state index contributed by atoms with van der Waals surface area (Å²) in [6.45, 7) is 4.09. The van der Waals surface area contributed by atoms with Crippen LogP contribution in [0.3, 0.4) is 0 Å². The molecule has 0 heterocycles. The molecule has 0 saturated carbocycles. The Labute approximate surface area is 153 Å². The van der Waals surface area contributed by atoms with Crippen molar-refractivity contribution >= 4 is 10.1 Å². The molecule has 0 saturated heterocycles. The average molecular weight is 330 g/mol. The van der Waals surface area contributed by atoms with Gasteiger partial charge in [-0.1, -0.05) is 65.2 Å². The number of hydrogen-bond donors (Lipinski definition) is 1. The second kappa shape index (κ2) is 13.3.